The summed E-state index contributed by atoms with van der Waals surface area (Å²) in [6.45, 7) is 6.09. The molecule has 0 bridgehead atoms. The Balaban J connectivity index is 2.10. The second kappa shape index (κ2) is 5.59. The van der Waals surface area contributed by atoms with E-state index in [-0.39, 0.29) is 12.5 Å². The van der Waals surface area contributed by atoms with Gasteiger partial charge < -0.3 is 4.57 Å². The summed E-state index contributed by atoms with van der Waals surface area (Å²) in [6, 6.07) is 10.1. The molecule has 0 saturated heterocycles. The quantitative estimate of drug-likeness (QED) is 0.596. The molecule has 0 N–H and O–H groups in total. The lowest BCUT2D eigenvalue weighted by molar-refractivity contribution is 0.101. The maximum absolute atomic E-state index is 12.8. The number of Topliss-reactive ketones (excluding diaryl/α,β-unsaturated/α-hetero) is 1. The molecule has 1 aliphatic carbocycles. The van der Waals surface area contributed by atoms with Gasteiger partial charge in [-0.2, -0.15) is 0 Å². The third kappa shape index (κ3) is 2.11. The molecule has 0 atom stereocenters. The topological polar surface area (TPSA) is 22.0 Å². The molecular formula is C21H20FNO. The van der Waals surface area contributed by atoms with Crippen molar-refractivity contribution in [3.05, 3.63) is 53.6 Å². The van der Waals surface area contributed by atoms with E-state index in [1.54, 1.807) is 6.92 Å². The Morgan fingerprint density at radius 1 is 1.21 bits per heavy atom. The number of halogens is 1. The van der Waals surface area contributed by atoms with Gasteiger partial charge in [0.15, 0.2) is 5.78 Å². The monoisotopic (exact) mass is 321 g/mol. The van der Waals surface area contributed by atoms with Crippen LogP contribution in [0.1, 0.15) is 41.3 Å². The molecule has 2 aromatic carbocycles. The highest BCUT2D eigenvalue weighted by Gasteiger charge is 2.22. The van der Waals surface area contributed by atoms with E-state index in [1.165, 1.54) is 22.1 Å². The molecule has 0 saturated carbocycles. The SMILES string of the molecule is C=C1CCc2c1ccc1c2c2cc(C(C)=O)ccc2n1CCCF. The number of aromatic nitrogens is 1. The van der Waals surface area contributed by atoms with Gasteiger partial charge in [0.1, 0.15) is 0 Å². The summed E-state index contributed by atoms with van der Waals surface area (Å²) in [6.07, 6.45) is 2.47. The van der Waals surface area contributed by atoms with Gasteiger partial charge >= 0.3 is 0 Å². The van der Waals surface area contributed by atoms with E-state index in [2.05, 4.69) is 23.3 Å². The van der Waals surface area contributed by atoms with Crippen molar-refractivity contribution in [2.24, 2.45) is 0 Å². The van der Waals surface area contributed by atoms with Gasteiger partial charge in [-0.25, -0.2) is 0 Å². The smallest absolute Gasteiger partial charge is 0.159 e. The zero-order valence-electron chi connectivity index (χ0n) is 13.9. The molecule has 0 fully saturated rings. The fraction of sp³-hybridized carbons (Fsp3) is 0.286. The lowest BCUT2D eigenvalue weighted by Gasteiger charge is -2.07. The largest absolute Gasteiger partial charge is 0.340 e. The van der Waals surface area contributed by atoms with Crippen molar-refractivity contribution in [3.8, 4) is 0 Å². The minimum atomic E-state index is -0.325. The summed E-state index contributed by atoms with van der Waals surface area (Å²) >= 11 is 0. The lowest BCUT2D eigenvalue weighted by Crippen LogP contribution is -1.99. The van der Waals surface area contributed by atoms with Crippen molar-refractivity contribution in [3.63, 3.8) is 0 Å². The van der Waals surface area contributed by atoms with Gasteiger partial charge in [-0.05, 0) is 67.2 Å². The van der Waals surface area contributed by atoms with Crippen molar-refractivity contribution < 1.29 is 9.18 Å². The molecule has 0 spiro atoms. The van der Waals surface area contributed by atoms with Crippen LogP contribution in [0.25, 0.3) is 27.4 Å². The minimum Gasteiger partial charge on any atom is -0.340 e. The second-order valence-electron chi connectivity index (χ2n) is 6.57. The van der Waals surface area contributed by atoms with E-state index in [4.69, 9.17) is 0 Å². The average Bonchev–Trinajstić information content (AvgIpc) is 3.10. The molecule has 1 aliphatic rings. The van der Waals surface area contributed by atoms with Crippen LogP contribution in [-0.4, -0.2) is 17.0 Å². The number of ketones is 1. The molecule has 2 nitrogen and oxygen atoms in total. The first-order chi connectivity index (χ1) is 11.6. The van der Waals surface area contributed by atoms with Crippen molar-refractivity contribution in [1.82, 2.24) is 4.57 Å². The van der Waals surface area contributed by atoms with E-state index in [1.807, 2.05) is 18.2 Å². The van der Waals surface area contributed by atoms with Crippen molar-refractivity contribution in [2.45, 2.75) is 32.7 Å². The van der Waals surface area contributed by atoms with E-state index < -0.39 is 0 Å². The Morgan fingerprint density at radius 2 is 2.00 bits per heavy atom. The molecule has 3 aromatic rings. The molecule has 3 heteroatoms. The molecule has 1 aromatic heterocycles. The lowest BCUT2D eigenvalue weighted by atomic mass is 10.0. The van der Waals surface area contributed by atoms with Crippen LogP contribution in [0, 0.1) is 0 Å². The predicted octanol–water partition coefficient (Wildman–Crippen LogP) is 5.32. The first-order valence-corrected chi connectivity index (χ1v) is 8.44. The summed E-state index contributed by atoms with van der Waals surface area (Å²) in [5, 5.41) is 2.31. The Hall–Kier alpha value is -2.42. The number of benzene rings is 2. The Kier molecular flexibility index (Phi) is 3.52. The summed E-state index contributed by atoms with van der Waals surface area (Å²) in [5.41, 5.74) is 6.67. The number of allylic oxidation sites excluding steroid dienone is 1. The van der Waals surface area contributed by atoms with E-state index in [9.17, 15) is 9.18 Å². The molecule has 0 radical (unpaired) electrons. The summed E-state index contributed by atoms with van der Waals surface area (Å²) in [7, 11) is 0. The number of nitrogens with zero attached hydrogens (tertiary/aromatic N) is 1. The van der Waals surface area contributed by atoms with Gasteiger partial charge in [0, 0.05) is 33.9 Å². The Morgan fingerprint density at radius 3 is 2.75 bits per heavy atom. The van der Waals surface area contributed by atoms with Crippen molar-refractivity contribution in [2.75, 3.05) is 6.67 Å². The Bertz CT molecular complexity index is 996. The van der Waals surface area contributed by atoms with Crippen LogP contribution < -0.4 is 0 Å². The first kappa shape index (κ1) is 15.1. The number of alkyl halides is 1. The summed E-state index contributed by atoms with van der Waals surface area (Å²) in [5.74, 6) is 0.0681. The van der Waals surface area contributed by atoms with Crippen LogP contribution in [0.15, 0.2) is 36.9 Å². The molecule has 1 heterocycles. The highest BCUT2D eigenvalue weighted by atomic mass is 19.1. The zero-order chi connectivity index (χ0) is 16.8. The van der Waals surface area contributed by atoms with Gasteiger partial charge in [-0.3, -0.25) is 9.18 Å². The molecule has 0 aliphatic heterocycles. The second-order valence-corrected chi connectivity index (χ2v) is 6.57. The number of hydrogen-bond donors (Lipinski definition) is 0. The number of hydrogen-bond acceptors (Lipinski definition) is 1. The number of rotatable bonds is 4. The molecule has 24 heavy (non-hydrogen) atoms. The number of aryl methyl sites for hydroxylation is 2. The highest BCUT2D eigenvalue weighted by molar-refractivity contribution is 6.13. The third-order valence-corrected chi connectivity index (χ3v) is 5.12. The van der Waals surface area contributed by atoms with Crippen molar-refractivity contribution >= 4 is 33.2 Å². The number of fused-ring (bicyclic) bond motifs is 5. The standard InChI is InChI=1S/C21H20FNO/c1-13-4-6-17-16(13)7-9-20-21(17)18-12-15(14(2)24)5-8-19(18)23(20)11-3-10-22/h5,7-9,12H,1,3-4,6,10-11H2,2H3. The van der Waals surface area contributed by atoms with Gasteiger partial charge in [0.2, 0.25) is 0 Å². The average molecular weight is 321 g/mol. The van der Waals surface area contributed by atoms with E-state index in [0.29, 0.717) is 13.0 Å². The molecular weight excluding hydrogens is 301 g/mol. The van der Waals surface area contributed by atoms with Gasteiger partial charge in [-0.15, -0.1) is 0 Å². The predicted molar refractivity (Wildman–Crippen MR) is 97.4 cm³/mol. The Labute approximate surface area is 140 Å². The van der Waals surface area contributed by atoms with Crippen LogP contribution in [-0.2, 0) is 13.0 Å². The highest BCUT2D eigenvalue weighted by Crippen LogP contribution is 2.40. The van der Waals surface area contributed by atoms with Crippen LogP contribution >= 0.6 is 0 Å². The van der Waals surface area contributed by atoms with Gasteiger partial charge in [-0.1, -0.05) is 12.6 Å². The van der Waals surface area contributed by atoms with E-state index >= 15 is 0 Å². The first-order valence-electron chi connectivity index (χ1n) is 8.44. The summed E-state index contributed by atoms with van der Waals surface area (Å²) in [4.78, 5) is 11.8. The fourth-order valence-corrected chi connectivity index (χ4v) is 3.94. The summed E-state index contributed by atoms with van der Waals surface area (Å²) < 4.78 is 14.9. The third-order valence-electron chi connectivity index (χ3n) is 5.12. The minimum absolute atomic E-state index is 0.0681. The van der Waals surface area contributed by atoms with Crippen LogP contribution in [0.4, 0.5) is 4.39 Å². The molecule has 4 rings (SSSR count). The fourth-order valence-electron chi connectivity index (χ4n) is 3.94. The normalized spacial score (nSPS) is 13.8. The van der Waals surface area contributed by atoms with E-state index in [0.717, 1.165) is 34.8 Å². The molecule has 122 valence electrons. The zero-order valence-corrected chi connectivity index (χ0v) is 13.9. The maximum atomic E-state index is 12.8. The van der Waals surface area contributed by atoms with Crippen LogP contribution in [0.5, 0.6) is 0 Å². The molecule has 0 unspecified atom stereocenters. The molecule has 0 amide bonds. The van der Waals surface area contributed by atoms with Gasteiger partial charge in [0.25, 0.3) is 0 Å². The van der Waals surface area contributed by atoms with Crippen LogP contribution in [0.3, 0.4) is 0 Å². The van der Waals surface area contributed by atoms with Gasteiger partial charge in [0.05, 0.1) is 6.67 Å². The number of carbonyl (C=O) groups is 1. The maximum Gasteiger partial charge on any atom is 0.159 e. The number of carbonyl (C=O) groups excluding carboxylic acids is 1. The van der Waals surface area contributed by atoms with Crippen molar-refractivity contribution in [1.29, 1.82) is 0 Å². The van der Waals surface area contributed by atoms with Crippen LogP contribution in [0.2, 0.25) is 0 Å².